The number of fused-ring (bicyclic) bond motifs is 6. The molecule has 7 rings (SSSR count). The molecule has 0 bridgehead atoms. The van der Waals surface area contributed by atoms with E-state index in [1.807, 2.05) is 12.4 Å². The van der Waals surface area contributed by atoms with Crippen LogP contribution in [-0.4, -0.2) is 12.4 Å². The second kappa shape index (κ2) is 11.4. The molecule has 0 fully saturated rings. The van der Waals surface area contributed by atoms with Crippen LogP contribution in [0.15, 0.2) is 107 Å². The zero-order valence-corrected chi connectivity index (χ0v) is 23.7. The molecular formula is C32H22Cl2FeN2S. The van der Waals surface area contributed by atoms with Crippen LogP contribution in [-0.2, 0) is 26.0 Å². The van der Waals surface area contributed by atoms with Crippen molar-refractivity contribution in [3.05, 3.63) is 129 Å². The number of hydrogen-bond donors (Lipinski definition) is 0. The van der Waals surface area contributed by atoms with E-state index in [-0.39, 0.29) is 13.1 Å². The van der Waals surface area contributed by atoms with Gasteiger partial charge >= 0.3 is 33.3 Å². The van der Waals surface area contributed by atoms with Crippen molar-refractivity contribution in [3.8, 4) is 22.3 Å². The van der Waals surface area contributed by atoms with Gasteiger partial charge in [0.1, 0.15) is 0 Å². The maximum absolute atomic E-state index is 4.76. The van der Waals surface area contributed by atoms with Crippen molar-refractivity contribution in [2.45, 2.75) is 12.8 Å². The first-order chi connectivity index (χ1) is 18.7. The molecule has 2 aliphatic rings. The number of hydrogen-bond acceptors (Lipinski definition) is 3. The third-order valence-electron chi connectivity index (χ3n) is 6.88. The summed E-state index contributed by atoms with van der Waals surface area (Å²) >= 11 is 1.90. The van der Waals surface area contributed by atoms with E-state index in [1.54, 1.807) is 11.3 Å². The fourth-order valence-electron chi connectivity index (χ4n) is 5.21. The Morgan fingerprint density at radius 1 is 0.553 bits per heavy atom. The fraction of sp³-hybridized carbons (Fsp3) is 0.0625. The van der Waals surface area contributed by atoms with Crippen molar-refractivity contribution >= 4 is 55.3 Å². The van der Waals surface area contributed by atoms with Gasteiger partial charge in [0.25, 0.3) is 0 Å². The Bertz CT molecular complexity index is 1570. The quantitative estimate of drug-likeness (QED) is 0.143. The van der Waals surface area contributed by atoms with Crippen molar-refractivity contribution in [2.75, 3.05) is 0 Å². The van der Waals surface area contributed by atoms with E-state index in [0.29, 0.717) is 0 Å². The zero-order chi connectivity index (χ0) is 25.9. The topological polar surface area (TPSA) is 24.7 Å². The molecule has 0 radical (unpaired) electrons. The number of aliphatic imine (C=N–C) groups is 2. The SMILES string of the molecule is C(=Nc1ccc2c(c1)Cc1ccccc1-2)c1ccc(C=Nc2ccc3c(c2)Cc2ccccc2-3)s1.[Cl][Fe][Cl]. The molecule has 188 valence electrons. The van der Waals surface area contributed by atoms with Gasteiger partial charge in [-0.2, -0.15) is 0 Å². The second-order valence-corrected chi connectivity index (χ2v) is 12.1. The summed E-state index contributed by atoms with van der Waals surface area (Å²) in [5, 5.41) is 0. The van der Waals surface area contributed by atoms with Crippen molar-refractivity contribution in [1.82, 2.24) is 0 Å². The van der Waals surface area contributed by atoms with Gasteiger partial charge in [0.05, 0.1) is 11.4 Å². The Hall–Kier alpha value is -2.98. The third-order valence-corrected chi connectivity index (χ3v) is 7.84. The molecule has 6 heteroatoms. The van der Waals surface area contributed by atoms with Crippen LogP contribution in [0.2, 0.25) is 0 Å². The van der Waals surface area contributed by atoms with Gasteiger partial charge in [-0.05, 0) is 93.7 Å². The summed E-state index contributed by atoms with van der Waals surface area (Å²) in [6.45, 7) is 0. The van der Waals surface area contributed by atoms with Crippen LogP contribution >= 0.6 is 31.5 Å². The Morgan fingerprint density at radius 2 is 0.974 bits per heavy atom. The van der Waals surface area contributed by atoms with Gasteiger partial charge in [-0.15, -0.1) is 11.3 Å². The summed E-state index contributed by atoms with van der Waals surface area (Å²) in [5.74, 6) is 0. The Labute approximate surface area is 241 Å². The molecule has 0 saturated carbocycles. The van der Waals surface area contributed by atoms with Crippen LogP contribution < -0.4 is 0 Å². The number of rotatable bonds is 4. The minimum absolute atomic E-state index is 0.194. The van der Waals surface area contributed by atoms with Crippen LogP contribution in [0.25, 0.3) is 22.3 Å². The van der Waals surface area contributed by atoms with Gasteiger partial charge in [-0.3, -0.25) is 9.98 Å². The van der Waals surface area contributed by atoms with Gasteiger partial charge in [0, 0.05) is 22.2 Å². The summed E-state index contributed by atoms with van der Waals surface area (Å²) in [7, 11) is 9.53. The van der Waals surface area contributed by atoms with Crippen molar-refractivity contribution < 1.29 is 13.1 Å². The van der Waals surface area contributed by atoms with Crippen LogP contribution in [0.1, 0.15) is 32.0 Å². The molecule has 0 aliphatic heterocycles. The Kier molecular flexibility index (Phi) is 7.60. The predicted octanol–water partition coefficient (Wildman–Crippen LogP) is 9.77. The summed E-state index contributed by atoms with van der Waals surface area (Å²) in [6.07, 6.45) is 5.89. The fourth-order valence-corrected chi connectivity index (χ4v) is 5.96. The molecule has 38 heavy (non-hydrogen) atoms. The Morgan fingerprint density at radius 3 is 1.45 bits per heavy atom. The molecule has 4 aromatic carbocycles. The Balaban J connectivity index is 0.000000843. The molecule has 1 heterocycles. The van der Waals surface area contributed by atoms with Gasteiger partial charge in [-0.1, -0.05) is 60.7 Å². The summed E-state index contributed by atoms with van der Waals surface area (Å²) in [6, 6.07) is 34.6. The molecule has 0 amide bonds. The van der Waals surface area contributed by atoms with Crippen molar-refractivity contribution in [1.29, 1.82) is 0 Å². The number of halogens is 2. The summed E-state index contributed by atoms with van der Waals surface area (Å²) < 4.78 is 0. The second-order valence-electron chi connectivity index (χ2n) is 9.16. The molecular weight excluding hydrogens is 571 g/mol. The maximum atomic E-state index is 4.76. The summed E-state index contributed by atoms with van der Waals surface area (Å²) in [5.41, 5.74) is 12.9. The average molecular weight is 593 g/mol. The van der Waals surface area contributed by atoms with Crippen molar-refractivity contribution in [2.24, 2.45) is 9.98 Å². The van der Waals surface area contributed by atoms with Gasteiger partial charge in [0.15, 0.2) is 0 Å². The van der Waals surface area contributed by atoms with E-state index < -0.39 is 0 Å². The van der Waals surface area contributed by atoms with E-state index in [4.69, 9.17) is 30.2 Å². The van der Waals surface area contributed by atoms with Gasteiger partial charge in [-0.25, -0.2) is 0 Å². The first kappa shape index (κ1) is 25.3. The van der Waals surface area contributed by atoms with E-state index in [0.717, 1.165) is 34.0 Å². The molecule has 0 unspecified atom stereocenters. The number of nitrogens with zero attached hydrogens (tertiary/aromatic N) is 2. The predicted molar refractivity (Wildman–Crippen MR) is 160 cm³/mol. The number of thiophene rings is 1. The molecule has 2 aliphatic carbocycles. The first-order valence-corrected chi connectivity index (χ1v) is 16.0. The van der Waals surface area contributed by atoms with Crippen LogP contribution in [0, 0.1) is 0 Å². The molecule has 0 N–H and O–H groups in total. The van der Waals surface area contributed by atoms with Crippen LogP contribution in [0.3, 0.4) is 0 Å². The standard InChI is InChI=1S/C32H22N2S.2ClH.Fe/c1-3-7-29-21(5-1)15-23-17-25(9-13-31(23)29)33-19-27-11-12-28(35-27)20-34-26-10-14-32-24(18-26)16-22-6-2-4-8-30(22)32;;;/h1-14,17-20H,15-16H2;2*1H;/q;;;+2/p-2. The minimum atomic E-state index is 0.194. The van der Waals surface area contributed by atoms with E-state index in [9.17, 15) is 0 Å². The molecule has 1 aromatic heterocycles. The zero-order valence-electron chi connectivity index (χ0n) is 20.2. The normalized spacial score (nSPS) is 12.8. The van der Waals surface area contributed by atoms with Gasteiger partial charge in [0.2, 0.25) is 0 Å². The number of benzene rings is 4. The molecule has 0 atom stereocenters. The van der Waals surface area contributed by atoms with E-state index in [1.165, 1.54) is 44.5 Å². The molecule has 0 saturated heterocycles. The summed E-state index contributed by atoms with van der Waals surface area (Å²) in [4.78, 5) is 11.7. The van der Waals surface area contributed by atoms with Crippen LogP contribution in [0.4, 0.5) is 11.4 Å². The van der Waals surface area contributed by atoms with Crippen molar-refractivity contribution in [3.63, 3.8) is 0 Å². The van der Waals surface area contributed by atoms with Crippen LogP contribution in [0.5, 0.6) is 0 Å². The van der Waals surface area contributed by atoms with E-state index in [2.05, 4.69) is 97.1 Å². The molecule has 5 aromatic rings. The monoisotopic (exact) mass is 592 g/mol. The molecule has 0 spiro atoms. The van der Waals surface area contributed by atoms with Gasteiger partial charge < -0.3 is 0 Å². The molecule has 2 nitrogen and oxygen atoms in total. The van der Waals surface area contributed by atoms with E-state index >= 15 is 0 Å². The average Bonchev–Trinajstić information content (AvgIpc) is 3.65. The first-order valence-electron chi connectivity index (χ1n) is 12.2. The third kappa shape index (κ3) is 5.29.